The molecule has 0 aliphatic rings. The second-order valence-electron chi connectivity index (χ2n) is 6.41. The molecule has 1 heterocycles. The normalized spacial score (nSPS) is 10.3. The van der Waals surface area contributed by atoms with Crippen molar-refractivity contribution in [2.24, 2.45) is 0 Å². The van der Waals surface area contributed by atoms with E-state index in [1.54, 1.807) is 24.3 Å². The average molecular weight is 458 g/mol. The minimum absolute atomic E-state index is 0.113. The maximum Gasteiger partial charge on any atom is 0.359 e. The van der Waals surface area contributed by atoms with Crippen LogP contribution >= 0.6 is 11.6 Å². The van der Waals surface area contributed by atoms with Crippen LogP contribution in [0.15, 0.2) is 65.5 Å². The lowest BCUT2D eigenvalue weighted by molar-refractivity contribution is -0.119. The molecule has 0 saturated carbocycles. The van der Waals surface area contributed by atoms with E-state index in [0.717, 1.165) is 4.68 Å². The van der Waals surface area contributed by atoms with Gasteiger partial charge < -0.3 is 19.5 Å². The predicted octanol–water partition coefficient (Wildman–Crippen LogP) is 2.78. The Morgan fingerprint density at radius 1 is 1.09 bits per heavy atom. The number of carbonyl (C=O) groups excluding carboxylic acids is 2. The van der Waals surface area contributed by atoms with Crippen LogP contribution in [-0.2, 0) is 16.1 Å². The van der Waals surface area contributed by atoms with Gasteiger partial charge in [-0.05, 0) is 36.4 Å². The second kappa shape index (κ2) is 11.0. The molecule has 1 aromatic heterocycles. The van der Waals surface area contributed by atoms with E-state index in [4.69, 9.17) is 25.8 Å². The standard InChI is InChI=1S/C22H20ClN3O6/c1-30-19-9-7-15(23)13-18(19)24-20(27)14-32-22(29)17-8-10-21(28)26(25-17)11-12-31-16-5-3-2-4-6-16/h2-10,13H,11-12,14H2,1H3,(H,24,27). The van der Waals surface area contributed by atoms with Gasteiger partial charge in [-0.1, -0.05) is 29.8 Å². The molecule has 0 unspecified atom stereocenters. The molecule has 0 radical (unpaired) electrons. The first-order chi connectivity index (χ1) is 15.5. The Kier molecular flexibility index (Phi) is 7.82. The number of esters is 1. The van der Waals surface area contributed by atoms with Crippen LogP contribution in [0.1, 0.15) is 10.5 Å². The van der Waals surface area contributed by atoms with Crippen LogP contribution in [0, 0.1) is 0 Å². The third-order valence-corrected chi connectivity index (χ3v) is 4.40. The summed E-state index contributed by atoms with van der Waals surface area (Å²) in [4.78, 5) is 36.4. The molecule has 10 heteroatoms. The van der Waals surface area contributed by atoms with E-state index in [-0.39, 0.29) is 18.8 Å². The van der Waals surface area contributed by atoms with Gasteiger partial charge in [-0.3, -0.25) is 9.59 Å². The zero-order chi connectivity index (χ0) is 22.9. The first kappa shape index (κ1) is 22.8. The van der Waals surface area contributed by atoms with Crippen molar-refractivity contribution in [2.45, 2.75) is 6.54 Å². The van der Waals surface area contributed by atoms with E-state index in [9.17, 15) is 14.4 Å². The highest BCUT2D eigenvalue weighted by Crippen LogP contribution is 2.27. The number of halogens is 1. The minimum atomic E-state index is -0.851. The number of carbonyl (C=O) groups is 2. The molecule has 0 aliphatic heterocycles. The second-order valence-corrected chi connectivity index (χ2v) is 6.85. The number of hydrogen-bond acceptors (Lipinski definition) is 7. The molecule has 0 aliphatic carbocycles. The Morgan fingerprint density at radius 3 is 2.62 bits per heavy atom. The van der Waals surface area contributed by atoms with Gasteiger partial charge in [-0.15, -0.1) is 0 Å². The Bertz CT molecular complexity index is 1150. The molecule has 1 N–H and O–H groups in total. The lowest BCUT2D eigenvalue weighted by Gasteiger charge is -2.11. The minimum Gasteiger partial charge on any atom is -0.495 e. The molecule has 166 valence electrons. The van der Waals surface area contributed by atoms with E-state index in [0.29, 0.717) is 22.2 Å². The molecule has 32 heavy (non-hydrogen) atoms. The molecule has 0 spiro atoms. The number of aromatic nitrogens is 2. The van der Waals surface area contributed by atoms with E-state index in [1.807, 2.05) is 18.2 Å². The van der Waals surface area contributed by atoms with Crippen LogP contribution in [-0.4, -0.2) is 42.0 Å². The number of nitrogens with zero attached hydrogens (tertiary/aromatic N) is 2. The summed E-state index contributed by atoms with van der Waals surface area (Å²) in [6.07, 6.45) is 0. The van der Waals surface area contributed by atoms with Crippen molar-refractivity contribution in [1.29, 1.82) is 0 Å². The number of rotatable bonds is 9. The fourth-order valence-electron chi connectivity index (χ4n) is 2.65. The molecule has 2 aromatic carbocycles. The van der Waals surface area contributed by atoms with Crippen LogP contribution in [0.3, 0.4) is 0 Å². The number of nitrogens with one attached hydrogen (secondary N) is 1. The number of amides is 1. The smallest absolute Gasteiger partial charge is 0.359 e. The van der Waals surface area contributed by atoms with E-state index < -0.39 is 24.0 Å². The van der Waals surface area contributed by atoms with Crippen LogP contribution in [0.5, 0.6) is 11.5 Å². The summed E-state index contributed by atoms with van der Waals surface area (Å²) >= 11 is 5.93. The molecule has 1 amide bonds. The van der Waals surface area contributed by atoms with Crippen molar-refractivity contribution in [2.75, 3.05) is 25.6 Å². The van der Waals surface area contributed by atoms with Crippen molar-refractivity contribution in [3.05, 3.63) is 81.7 Å². The largest absolute Gasteiger partial charge is 0.495 e. The maximum absolute atomic E-state index is 12.3. The molecule has 3 aromatic rings. The van der Waals surface area contributed by atoms with E-state index in [1.165, 1.54) is 25.3 Å². The lowest BCUT2D eigenvalue weighted by atomic mass is 10.3. The number of hydrogen-bond donors (Lipinski definition) is 1. The third-order valence-electron chi connectivity index (χ3n) is 4.16. The molecule has 3 rings (SSSR count). The zero-order valence-corrected chi connectivity index (χ0v) is 17.9. The molecule has 9 nitrogen and oxygen atoms in total. The molecule has 0 atom stereocenters. The summed E-state index contributed by atoms with van der Waals surface area (Å²) < 4.78 is 16.8. The summed E-state index contributed by atoms with van der Waals surface area (Å²) in [5.74, 6) is -0.390. The molecular formula is C22H20ClN3O6. The molecule has 0 saturated heterocycles. The van der Waals surface area contributed by atoms with Gasteiger partial charge in [0.05, 0.1) is 19.3 Å². The van der Waals surface area contributed by atoms with Crippen molar-refractivity contribution < 1.29 is 23.8 Å². The first-order valence-electron chi connectivity index (χ1n) is 9.53. The topological polar surface area (TPSA) is 109 Å². The van der Waals surface area contributed by atoms with Crippen LogP contribution < -0.4 is 20.3 Å². The van der Waals surface area contributed by atoms with Gasteiger partial charge in [0, 0.05) is 11.1 Å². The van der Waals surface area contributed by atoms with Gasteiger partial charge in [0.2, 0.25) is 0 Å². The van der Waals surface area contributed by atoms with E-state index in [2.05, 4.69) is 10.4 Å². The van der Waals surface area contributed by atoms with Gasteiger partial charge in [-0.2, -0.15) is 5.10 Å². The fraction of sp³-hybridized carbons (Fsp3) is 0.182. The van der Waals surface area contributed by atoms with Gasteiger partial charge in [-0.25, -0.2) is 9.48 Å². The van der Waals surface area contributed by atoms with Gasteiger partial charge in [0.25, 0.3) is 11.5 Å². The van der Waals surface area contributed by atoms with E-state index >= 15 is 0 Å². The number of anilines is 1. The summed E-state index contributed by atoms with van der Waals surface area (Å²) in [5.41, 5.74) is -0.174. The van der Waals surface area contributed by atoms with Gasteiger partial charge in [0.15, 0.2) is 12.3 Å². The fourth-order valence-corrected chi connectivity index (χ4v) is 2.83. The number of benzene rings is 2. The molecular weight excluding hydrogens is 438 g/mol. The Balaban J connectivity index is 1.55. The van der Waals surface area contributed by atoms with Gasteiger partial charge in [0.1, 0.15) is 18.1 Å². The summed E-state index contributed by atoms with van der Waals surface area (Å²) in [6.45, 7) is -0.254. The molecule has 0 fully saturated rings. The highest BCUT2D eigenvalue weighted by Gasteiger charge is 2.15. The van der Waals surface area contributed by atoms with Crippen LogP contribution in [0.25, 0.3) is 0 Å². The average Bonchev–Trinajstić information content (AvgIpc) is 2.79. The quantitative estimate of drug-likeness (QED) is 0.492. The Labute approximate surface area is 188 Å². The number of para-hydroxylation sites is 1. The highest BCUT2D eigenvalue weighted by molar-refractivity contribution is 6.31. The van der Waals surface area contributed by atoms with Crippen LogP contribution in [0.2, 0.25) is 5.02 Å². The third kappa shape index (κ3) is 6.32. The van der Waals surface area contributed by atoms with Gasteiger partial charge >= 0.3 is 5.97 Å². The Morgan fingerprint density at radius 2 is 1.88 bits per heavy atom. The maximum atomic E-state index is 12.3. The summed E-state index contributed by atoms with van der Waals surface area (Å²) in [6, 6.07) is 16.2. The molecule has 0 bridgehead atoms. The Hall–Kier alpha value is -3.85. The zero-order valence-electron chi connectivity index (χ0n) is 17.1. The number of ether oxygens (including phenoxy) is 3. The van der Waals surface area contributed by atoms with Crippen molar-refractivity contribution in [1.82, 2.24) is 9.78 Å². The highest BCUT2D eigenvalue weighted by atomic mass is 35.5. The predicted molar refractivity (Wildman–Crippen MR) is 117 cm³/mol. The van der Waals surface area contributed by atoms with Crippen molar-refractivity contribution in [3.63, 3.8) is 0 Å². The van der Waals surface area contributed by atoms with Crippen molar-refractivity contribution in [3.8, 4) is 11.5 Å². The lowest BCUT2D eigenvalue weighted by Crippen LogP contribution is -2.28. The summed E-state index contributed by atoms with van der Waals surface area (Å²) in [5, 5.41) is 6.94. The number of methoxy groups -OCH3 is 1. The van der Waals surface area contributed by atoms with Crippen LogP contribution in [0.4, 0.5) is 5.69 Å². The first-order valence-corrected chi connectivity index (χ1v) is 9.90. The monoisotopic (exact) mass is 457 g/mol. The summed E-state index contributed by atoms with van der Waals surface area (Å²) in [7, 11) is 1.45. The van der Waals surface area contributed by atoms with Crippen molar-refractivity contribution >= 4 is 29.2 Å². The SMILES string of the molecule is COc1ccc(Cl)cc1NC(=O)COC(=O)c1ccc(=O)n(CCOc2ccccc2)n1.